The summed E-state index contributed by atoms with van der Waals surface area (Å²) in [5, 5.41) is 12.7. The van der Waals surface area contributed by atoms with E-state index in [-0.39, 0.29) is 12.0 Å². The number of amides is 1. The lowest BCUT2D eigenvalue weighted by atomic mass is 10.1. The molecule has 1 heterocycles. The second-order valence-electron chi connectivity index (χ2n) is 5.92. The zero-order valence-electron chi connectivity index (χ0n) is 13.7. The number of carbonyl (C=O) groups excluding carboxylic acids is 1. The first kappa shape index (κ1) is 16.9. The van der Waals surface area contributed by atoms with Gasteiger partial charge < -0.3 is 15.3 Å². The predicted octanol–water partition coefficient (Wildman–Crippen LogP) is 3.62. The van der Waals surface area contributed by atoms with Crippen LogP contribution >= 0.6 is 11.8 Å². The molecule has 2 aromatic rings. The minimum Gasteiger partial charge on any atom is -0.393 e. The Morgan fingerprint density at radius 2 is 1.79 bits per heavy atom. The zero-order valence-corrected chi connectivity index (χ0v) is 14.6. The van der Waals surface area contributed by atoms with Crippen LogP contribution in [0.2, 0.25) is 0 Å². The van der Waals surface area contributed by atoms with Crippen LogP contribution in [0.1, 0.15) is 23.2 Å². The van der Waals surface area contributed by atoms with Crippen LogP contribution < -0.4 is 10.2 Å². The van der Waals surface area contributed by atoms with E-state index < -0.39 is 0 Å². The molecule has 24 heavy (non-hydrogen) atoms. The number of hydrogen-bond donors (Lipinski definition) is 2. The molecule has 3 rings (SSSR count). The first-order valence-corrected chi connectivity index (χ1v) is 9.37. The SMILES string of the molecule is CSc1ccc(C(=O)Nc2ccccc2N2CCC(O)CC2)cc1. The lowest BCUT2D eigenvalue weighted by Crippen LogP contribution is -2.36. The van der Waals surface area contributed by atoms with Crippen LogP contribution in [0.3, 0.4) is 0 Å². The molecular formula is C19H22N2O2S. The fourth-order valence-electron chi connectivity index (χ4n) is 2.90. The fourth-order valence-corrected chi connectivity index (χ4v) is 3.31. The molecule has 1 amide bonds. The van der Waals surface area contributed by atoms with Crippen molar-refractivity contribution in [2.24, 2.45) is 0 Å². The minimum atomic E-state index is -0.210. The lowest BCUT2D eigenvalue weighted by molar-refractivity contribution is 0.102. The molecule has 1 aliphatic heterocycles. The van der Waals surface area contributed by atoms with Crippen LogP contribution in [-0.2, 0) is 0 Å². The number of thioether (sulfide) groups is 1. The summed E-state index contributed by atoms with van der Waals surface area (Å²) in [4.78, 5) is 15.9. The lowest BCUT2D eigenvalue weighted by Gasteiger charge is -2.32. The number of carbonyl (C=O) groups is 1. The van der Waals surface area contributed by atoms with Crippen LogP contribution in [-0.4, -0.2) is 36.5 Å². The second-order valence-corrected chi connectivity index (χ2v) is 6.80. The first-order chi connectivity index (χ1) is 11.7. The van der Waals surface area contributed by atoms with Gasteiger partial charge in [0.05, 0.1) is 17.5 Å². The molecule has 0 aliphatic carbocycles. The van der Waals surface area contributed by atoms with Crippen molar-refractivity contribution in [1.29, 1.82) is 0 Å². The molecule has 4 nitrogen and oxygen atoms in total. The third-order valence-corrected chi connectivity index (χ3v) is 5.05. The van der Waals surface area contributed by atoms with Crippen LogP contribution in [0.5, 0.6) is 0 Å². The maximum atomic E-state index is 12.5. The van der Waals surface area contributed by atoms with Crippen molar-refractivity contribution >= 4 is 29.0 Å². The van der Waals surface area contributed by atoms with Crippen molar-refractivity contribution in [2.45, 2.75) is 23.8 Å². The number of rotatable bonds is 4. The maximum absolute atomic E-state index is 12.5. The third-order valence-electron chi connectivity index (χ3n) is 4.31. The van der Waals surface area contributed by atoms with Crippen molar-refractivity contribution in [2.75, 3.05) is 29.6 Å². The summed E-state index contributed by atoms with van der Waals surface area (Å²) in [6, 6.07) is 15.5. The van der Waals surface area contributed by atoms with Crippen molar-refractivity contribution < 1.29 is 9.90 Å². The topological polar surface area (TPSA) is 52.6 Å². The van der Waals surface area contributed by atoms with Gasteiger partial charge in [-0.25, -0.2) is 0 Å². The van der Waals surface area contributed by atoms with E-state index in [0.29, 0.717) is 5.56 Å². The molecule has 126 valence electrons. The first-order valence-electron chi connectivity index (χ1n) is 8.15. The largest absolute Gasteiger partial charge is 0.393 e. The number of para-hydroxylation sites is 2. The zero-order chi connectivity index (χ0) is 16.9. The predicted molar refractivity (Wildman–Crippen MR) is 100 cm³/mol. The molecular weight excluding hydrogens is 320 g/mol. The van der Waals surface area contributed by atoms with Crippen molar-refractivity contribution in [3.8, 4) is 0 Å². The Morgan fingerprint density at radius 3 is 2.46 bits per heavy atom. The van der Waals surface area contributed by atoms with Crippen LogP contribution in [0.25, 0.3) is 0 Å². The number of nitrogens with zero attached hydrogens (tertiary/aromatic N) is 1. The van der Waals surface area contributed by atoms with E-state index in [4.69, 9.17) is 0 Å². The van der Waals surface area contributed by atoms with Gasteiger partial charge in [0.15, 0.2) is 0 Å². The van der Waals surface area contributed by atoms with Crippen molar-refractivity contribution in [1.82, 2.24) is 0 Å². The molecule has 0 radical (unpaired) electrons. The molecule has 2 N–H and O–H groups in total. The highest BCUT2D eigenvalue weighted by molar-refractivity contribution is 7.98. The normalized spacial score (nSPS) is 15.3. The number of hydrogen-bond acceptors (Lipinski definition) is 4. The summed E-state index contributed by atoms with van der Waals surface area (Å²) in [7, 11) is 0. The van der Waals surface area contributed by atoms with Crippen LogP contribution in [0.4, 0.5) is 11.4 Å². The quantitative estimate of drug-likeness (QED) is 0.833. The number of nitrogens with one attached hydrogen (secondary N) is 1. The van der Waals surface area contributed by atoms with Crippen molar-refractivity contribution in [3.63, 3.8) is 0 Å². The molecule has 0 atom stereocenters. The van der Waals surface area contributed by atoms with Gasteiger partial charge in [-0.05, 0) is 55.5 Å². The Kier molecular flexibility index (Phi) is 5.43. The molecule has 0 aromatic heterocycles. The number of piperidine rings is 1. The molecule has 0 spiro atoms. The fraction of sp³-hybridized carbons (Fsp3) is 0.316. The number of aliphatic hydroxyl groups excluding tert-OH is 1. The van der Waals surface area contributed by atoms with E-state index >= 15 is 0 Å². The van der Waals surface area contributed by atoms with Crippen LogP contribution in [0, 0.1) is 0 Å². The van der Waals surface area contributed by atoms with E-state index in [2.05, 4.69) is 10.2 Å². The van der Waals surface area contributed by atoms with E-state index in [0.717, 1.165) is 42.2 Å². The Hall–Kier alpha value is -1.98. The maximum Gasteiger partial charge on any atom is 0.255 e. The summed E-state index contributed by atoms with van der Waals surface area (Å²) in [6.07, 6.45) is 3.33. The van der Waals surface area contributed by atoms with E-state index in [1.165, 1.54) is 0 Å². The highest BCUT2D eigenvalue weighted by Crippen LogP contribution is 2.29. The third kappa shape index (κ3) is 3.91. The number of aliphatic hydroxyl groups is 1. The second kappa shape index (κ2) is 7.73. The molecule has 0 unspecified atom stereocenters. The minimum absolute atomic E-state index is 0.104. The average Bonchev–Trinajstić information content (AvgIpc) is 2.63. The Labute approximate surface area is 146 Å². The Balaban J connectivity index is 1.75. The van der Waals surface area contributed by atoms with Gasteiger partial charge >= 0.3 is 0 Å². The van der Waals surface area contributed by atoms with Gasteiger partial charge in [0.25, 0.3) is 5.91 Å². The van der Waals surface area contributed by atoms with E-state index in [1.807, 2.05) is 54.8 Å². The summed E-state index contributed by atoms with van der Waals surface area (Å²) in [6.45, 7) is 1.60. The molecule has 0 bridgehead atoms. The van der Waals surface area contributed by atoms with E-state index in [9.17, 15) is 9.90 Å². The highest BCUT2D eigenvalue weighted by atomic mass is 32.2. The molecule has 1 fully saturated rings. The number of benzene rings is 2. The van der Waals surface area contributed by atoms with Gasteiger partial charge in [0, 0.05) is 23.5 Å². The standard InChI is InChI=1S/C19H22N2O2S/c1-24-16-8-6-14(7-9-16)19(23)20-17-4-2-3-5-18(17)21-12-10-15(22)11-13-21/h2-9,15,22H,10-13H2,1H3,(H,20,23). The van der Waals surface area contributed by atoms with Gasteiger partial charge in [0.2, 0.25) is 0 Å². The molecule has 1 aliphatic rings. The molecule has 0 saturated carbocycles. The molecule has 1 saturated heterocycles. The summed E-state index contributed by atoms with van der Waals surface area (Å²) >= 11 is 1.66. The smallest absolute Gasteiger partial charge is 0.255 e. The summed E-state index contributed by atoms with van der Waals surface area (Å²) in [5.41, 5.74) is 2.47. The van der Waals surface area contributed by atoms with Gasteiger partial charge in [0.1, 0.15) is 0 Å². The molecule has 5 heteroatoms. The van der Waals surface area contributed by atoms with Crippen molar-refractivity contribution in [3.05, 3.63) is 54.1 Å². The van der Waals surface area contributed by atoms with Gasteiger partial charge in [-0.3, -0.25) is 4.79 Å². The van der Waals surface area contributed by atoms with E-state index in [1.54, 1.807) is 11.8 Å². The Morgan fingerprint density at radius 1 is 1.12 bits per heavy atom. The Bertz CT molecular complexity index is 695. The van der Waals surface area contributed by atoms with Gasteiger partial charge in [-0.1, -0.05) is 12.1 Å². The van der Waals surface area contributed by atoms with Gasteiger partial charge in [-0.15, -0.1) is 11.8 Å². The number of anilines is 2. The molecule has 2 aromatic carbocycles. The summed E-state index contributed by atoms with van der Waals surface area (Å²) < 4.78 is 0. The monoisotopic (exact) mass is 342 g/mol. The summed E-state index contributed by atoms with van der Waals surface area (Å²) in [5.74, 6) is -0.104. The van der Waals surface area contributed by atoms with Gasteiger partial charge in [-0.2, -0.15) is 0 Å². The highest BCUT2D eigenvalue weighted by Gasteiger charge is 2.20. The van der Waals surface area contributed by atoms with Crippen LogP contribution in [0.15, 0.2) is 53.4 Å². The average molecular weight is 342 g/mol.